The summed E-state index contributed by atoms with van der Waals surface area (Å²) in [5, 5.41) is 0. The quantitative estimate of drug-likeness (QED) is 0.341. The van der Waals surface area contributed by atoms with Crippen molar-refractivity contribution in [3.8, 4) is 0 Å². The molecule has 3 nitrogen and oxygen atoms in total. The molecule has 0 unspecified atom stereocenters. The molecule has 0 radical (unpaired) electrons. The molecule has 2 N–H and O–H groups in total. The van der Waals surface area contributed by atoms with Gasteiger partial charge in [0.25, 0.3) is 0 Å². The fourth-order valence-electron chi connectivity index (χ4n) is 0. The van der Waals surface area contributed by atoms with Crippen LogP contribution in [0.1, 0.15) is 0 Å². The Morgan fingerprint density at radius 3 is 1.00 bits per heavy atom. The molecule has 0 bridgehead atoms. The van der Waals surface area contributed by atoms with Gasteiger partial charge in [0.2, 0.25) is 0 Å². The third-order valence-corrected chi connectivity index (χ3v) is 0. The van der Waals surface area contributed by atoms with E-state index in [2.05, 4.69) is 0 Å². The summed E-state index contributed by atoms with van der Waals surface area (Å²) in [5.41, 5.74) is 0. The van der Waals surface area contributed by atoms with Crippen LogP contribution in [0.4, 0.5) is 0 Å². The summed E-state index contributed by atoms with van der Waals surface area (Å²) in [7, 11) is 0. The summed E-state index contributed by atoms with van der Waals surface area (Å²) in [6.07, 6.45) is 0.250. The van der Waals surface area contributed by atoms with Crippen LogP contribution >= 0.6 is 0 Å². The van der Waals surface area contributed by atoms with Gasteiger partial charge in [-0.2, -0.15) is 9.59 Å². The van der Waals surface area contributed by atoms with Crippen molar-refractivity contribution in [2.24, 2.45) is 0 Å². The molecule has 0 rings (SSSR count). The minimum atomic E-state index is 0. The Hall–Kier alpha value is 1.18. The zero-order valence-electron chi connectivity index (χ0n) is 3.28. The van der Waals surface area contributed by atoms with Crippen LogP contribution in [0.5, 0.6) is 0 Å². The van der Waals surface area contributed by atoms with Crippen molar-refractivity contribution in [3.63, 3.8) is 0 Å². The molecule has 0 aliphatic rings. The summed E-state index contributed by atoms with van der Waals surface area (Å²) in [6.45, 7) is 0. The maximum Gasteiger partial charge on any atom is 2.00 e. The van der Waals surface area contributed by atoms with Gasteiger partial charge >= 0.3 is 43.9 Å². The van der Waals surface area contributed by atoms with E-state index in [0.717, 1.165) is 0 Å². The van der Waals surface area contributed by atoms with Crippen LogP contribution < -0.4 is 24.8 Å². The van der Waals surface area contributed by atoms with Gasteiger partial charge in [0.05, 0.1) is 0 Å². The van der Waals surface area contributed by atoms with E-state index in [1.807, 2.05) is 0 Å². The maximum atomic E-state index is 8.12. The predicted molar refractivity (Wildman–Crippen MR) is 14.4 cm³/mol. The van der Waals surface area contributed by atoms with E-state index < -0.39 is 0 Å². The Balaban J connectivity index is -0.00000000333. The van der Waals surface area contributed by atoms with E-state index in [4.69, 9.17) is 9.59 Å². The molecular weight excluding hydrogens is 171 g/mol. The molecule has 0 saturated heterocycles. The molecule has 0 amide bonds. The van der Waals surface area contributed by atoms with Crippen LogP contribution in [0.3, 0.4) is 0 Å². The number of hydrogen-bond acceptors (Lipinski definition) is 2. The first-order valence-corrected chi connectivity index (χ1v) is 0.408. The van der Waals surface area contributed by atoms with Crippen molar-refractivity contribution in [2.75, 3.05) is 0 Å². The van der Waals surface area contributed by atoms with Gasteiger partial charge in [-0.15, -0.1) is 0 Å². The molecule has 0 atom stereocenters. The van der Waals surface area contributed by atoms with E-state index in [1.165, 1.54) is 0 Å². The molecule has 0 aromatic carbocycles. The molecule has 7 heavy (non-hydrogen) atoms. The Morgan fingerprint density at radius 2 is 1.00 bits per heavy atom. The molecule has 0 aliphatic heterocycles. The monoisotopic (exact) mass is 172 g/mol. The Labute approximate surface area is 83.0 Å². The van der Waals surface area contributed by atoms with E-state index in [-0.39, 0.29) is 74.2 Å². The van der Waals surface area contributed by atoms with Crippen molar-refractivity contribution in [1.82, 2.24) is 0 Å². The van der Waals surface area contributed by atoms with Gasteiger partial charge in [0.15, 0.2) is 0 Å². The minimum Gasteiger partial charge on any atom is -1.00 e. The first-order chi connectivity index (χ1) is 1.41. The SMILES string of the molecule is O.O=C=O.[Ca+2].[Cl-].[Cl-]. The Bertz CT molecular complexity index is 33.9. The van der Waals surface area contributed by atoms with E-state index >= 15 is 0 Å². The number of halogens is 2. The van der Waals surface area contributed by atoms with Crippen LogP contribution in [0.2, 0.25) is 0 Å². The molecule has 6 heteroatoms. The number of carbonyl (C=O) groups excluding carboxylic acids is 2. The van der Waals surface area contributed by atoms with E-state index in [9.17, 15) is 0 Å². The normalized spacial score (nSPS) is 1.14. The van der Waals surface area contributed by atoms with Crippen LogP contribution in [0.25, 0.3) is 0 Å². The molecule has 0 fully saturated rings. The summed E-state index contributed by atoms with van der Waals surface area (Å²) >= 11 is 0. The molecule has 0 aliphatic carbocycles. The molecule has 0 saturated carbocycles. The van der Waals surface area contributed by atoms with Gasteiger partial charge in [-0.3, -0.25) is 0 Å². The molecule has 0 heterocycles. The zero-order chi connectivity index (χ0) is 2.71. The topological polar surface area (TPSA) is 65.6 Å². The second-order valence-corrected chi connectivity index (χ2v) is 0.0833. The van der Waals surface area contributed by atoms with Crippen molar-refractivity contribution in [3.05, 3.63) is 0 Å². The molecular formula is CH2CaCl2O3. The van der Waals surface area contributed by atoms with Gasteiger partial charge in [-0.1, -0.05) is 0 Å². The summed E-state index contributed by atoms with van der Waals surface area (Å²) < 4.78 is 0. The summed E-state index contributed by atoms with van der Waals surface area (Å²) in [5.74, 6) is 0. The zero-order valence-corrected chi connectivity index (χ0v) is 7.00. The van der Waals surface area contributed by atoms with Gasteiger partial charge in [0.1, 0.15) is 0 Å². The molecule has 0 aromatic heterocycles. The fraction of sp³-hybridized carbons (Fsp3) is 0. The number of hydrogen-bond donors (Lipinski definition) is 0. The third kappa shape index (κ3) is 138. The van der Waals surface area contributed by atoms with Gasteiger partial charge in [-0.05, 0) is 0 Å². The first kappa shape index (κ1) is 41.7. The summed E-state index contributed by atoms with van der Waals surface area (Å²) in [6, 6.07) is 0. The number of rotatable bonds is 0. The van der Waals surface area contributed by atoms with Crippen LogP contribution in [-0.4, -0.2) is 49.4 Å². The Kier molecular flexibility index (Phi) is 344. The Morgan fingerprint density at radius 1 is 1.00 bits per heavy atom. The smallest absolute Gasteiger partial charge is 1.00 e. The minimum absolute atomic E-state index is 0. The maximum absolute atomic E-state index is 8.12. The second kappa shape index (κ2) is 57.7. The summed E-state index contributed by atoms with van der Waals surface area (Å²) in [4.78, 5) is 16.2. The molecule has 0 spiro atoms. The van der Waals surface area contributed by atoms with Gasteiger partial charge in [0, 0.05) is 0 Å². The largest absolute Gasteiger partial charge is 2.00 e. The average molecular weight is 173 g/mol. The van der Waals surface area contributed by atoms with E-state index in [1.54, 1.807) is 0 Å². The first-order valence-electron chi connectivity index (χ1n) is 0.408. The van der Waals surface area contributed by atoms with Gasteiger partial charge < -0.3 is 30.3 Å². The van der Waals surface area contributed by atoms with Gasteiger partial charge in [-0.25, -0.2) is 0 Å². The van der Waals surface area contributed by atoms with Crippen molar-refractivity contribution >= 4 is 43.9 Å². The molecule has 0 aromatic rings. The van der Waals surface area contributed by atoms with E-state index in [0.29, 0.717) is 0 Å². The van der Waals surface area contributed by atoms with Crippen molar-refractivity contribution in [2.45, 2.75) is 0 Å². The van der Waals surface area contributed by atoms with Crippen molar-refractivity contribution < 1.29 is 39.9 Å². The van der Waals surface area contributed by atoms with Crippen molar-refractivity contribution in [1.29, 1.82) is 0 Å². The third-order valence-electron chi connectivity index (χ3n) is 0. The predicted octanol–water partition coefficient (Wildman–Crippen LogP) is -7.78. The molecule has 40 valence electrons. The fourth-order valence-corrected chi connectivity index (χ4v) is 0. The average Bonchev–Trinajstić information content (AvgIpc) is 0.918. The van der Waals surface area contributed by atoms with Crippen LogP contribution in [0.15, 0.2) is 0 Å². The van der Waals surface area contributed by atoms with Crippen LogP contribution in [0, 0.1) is 0 Å². The van der Waals surface area contributed by atoms with Crippen LogP contribution in [-0.2, 0) is 9.59 Å². The standard InChI is InChI=1S/CO2.Ca.2ClH.H2O/c2-1-3;;;;/h;;2*1H;1H2/q;+2;;;/p-2. The second-order valence-electron chi connectivity index (χ2n) is 0.0833.